The van der Waals surface area contributed by atoms with E-state index in [-0.39, 0.29) is 17.4 Å². The molecule has 0 radical (unpaired) electrons. The third-order valence-electron chi connectivity index (χ3n) is 4.23. The highest BCUT2D eigenvalue weighted by Crippen LogP contribution is 2.31. The van der Waals surface area contributed by atoms with Crippen molar-refractivity contribution in [3.63, 3.8) is 0 Å². The van der Waals surface area contributed by atoms with Gasteiger partial charge in [-0.05, 0) is 42.3 Å². The molecule has 1 aromatic carbocycles. The number of hydrogen-bond donors (Lipinski definition) is 2. The molecule has 1 fully saturated rings. The molecule has 0 aromatic heterocycles. The van der Waals surface area contributed by atoms with Crippen LogP contribution in [0, 0.1) is 5.41 Å². The van der Waals surface area contributed by atoms with Crippen LogP contribution in [0.25, 0.3) is 0 Å². The Kier molecular flexibility index (Phi) is 4.48. The molecule has 3 nitrogen and oxygen atoms in total. The lowest BCUT2D eigenvalue weighted by Gasteiger charge is -2.38. The highest BCUT2D eigenvalue weighted by atomic mass is 16.2. The fourth-order valence-corrected chi connectivity index (χ4v) is 2.98. The van der Waals surface area contributed by atoms with Gasteiger partial charge in [0.15, 0.2) is 0 Å². The number of amides is 1. The molecule has 1 aromatic rings. The third-order valence-corrected chi connectivity index (χ3v) is 4.23. The number of piperidine rings is 1. The van der Waals surface area contributed by atoms with Crippen LogP contribution in [0.4, 0.5) is 5.69 Å². The van der Waals surface area contributed by atoms with E-state index < -0.39 is 0 Å². The average Bonchev–Trinajstić information content (AvgIpc) is 2.38. The number of nitrogens with one attached hydrogen (secondary N) is 2. The summed E-state index contributed by atoms with van der Waals surface area (Å²) in [4.78, 5) is 12.6. The zero-order valence-corrected chi connectivity index (χ0v) is 13.0. The minimum atomic E-state index is -0.114. The van der Waals surface area contributed by atoms with E-state index in [1.165, 1.54) is 5.56 Å². The Balaban J connectivity index is 2.15. The van der Waals surface area contributed by atoms with Crippen LogP contribution in [0.5, 0.6) is 0 Å². The van der Waals surface area contributed by atoms with Crippen molar-refractivity contribution in [1.29, 1.82) is 0 Å². The zero-order valence-electron chi connectivity index (χ0n) is 13.0. The van der Waals surface area contributed by atoms with Gasteiger partial charge in [-0.25, -0.2) is 0 Å². The zero-order chi connectivity index (χ0) is 14.8. The smallest absolute Gasteiger partial charge is 0.242 e. The fraction of sp³-hybridized carbons (Fsp3) is 0.588. The minimum absolute atomic E-state index is 0.00904. The van der Waals surface area contributed by atoms with Gasteiger partial charge in [0.1, 0.15) is 0 Å². The van der Waals surface area contributed by atoms with Gasteiger partial charge in [-0.15, -0.1) is 0 Å². The summed E-state index contributed by atoms with van der Waals surface area (Å²) >= 11 is 0. The summed E-state index contributed by atoms with van der Waals surface area (Å²) in [5, 5.41) is 6.48. The van der Waals surface area contributed by atoms with Crippen molar-refractivity contribution in [2.24, 2.45) is 5.41 Å². The lowest BCUT2D eigenvalue weighted by molar-refractivity contribution is -0.121. The van der Waals surface area contributed by atoms with E-state index in [1.54, 1.807) is 0 Å². The number of benzene rings is 1. The molecule has 3 heteroatoms. The van der Waals surface area contributed by atoms with Crippen molar-refractivity contribution in [3.05, 3.63) is 29.8 Å². The van der Waals surface area contributed by atoms with E-state index in [2.05, 4.69) is 44.4 Å². The normalized spacial score (nSPS) is 21.8. The molecule has 2 N–H and O–H groups in total. The SMILES string of the molecule is CC(C)c1ccccc1NC(=O)C1NCCCC1(C)C. The van der Waals surface area contributed by atoms with Gasteiger partial charge < -0.3 is 10.6 Å². The monoisotopic (exact) mass is 274 g/mol. The van der Waals surface area contributed by atoms with E-state index in [9.17, 15) is 4.79 Å². The average molecular weight is 274 g/mol. The minimum Gasteiger partial charge on any atom is -0.324 e. The number of carbonyl (C=O) groups excluding carboxylic acids is 1. The van der Waals surface area contributed by atoms with E-state index in [1.807, 2.05) is 18.2 Å². The maximum absolute atomic E-state index is 12.6. The predicted molar refractivity (Wildman–Crippen MR) is 84.0 cm³/mol. The van der Waals surface area contributed by atoms with Gasteiger partial charge in [0.2, 0.25) is 5.91 Å². The Morgan fingerprint density at radius 1 is 1.35 bits per heavy atom. The van der Waals surface area contributed by atoms with Crippen LogP contribution in [0.1, 0.15) is 52.0 Å². The second-order valence-electron chi connectivity index (χ2n) is 6.71. The lowest BCUT2D eigenvalue weighted by Crippen LogP contribution is -2.53. The van der Waals surface area contributed by atoms with E-state index >= 15 is 0 Å². The molecule has 1 atom stereocenters. The molecule has 0 bridgehead atoms. The summed E-state index contributed by atoms with van der Waals surface area (Å²) in [7, 11) is 0. The van der Waals surface area contributed by atoms with Gasteiger partial charge in [0, 0.05) is 5.69 Å². The number of hydrogen-bond acceptors (Lipinski definition) is 2. The quantitative estimate of drug-likeness (QED) is 0.885. The van der Waals surface area contributed by atoms with Crippen molar-refractivity contribution in [2.75, 3.05) is 11.9 Å². The molecule has 1 heterocycles. The first-order chi connectivity index (χ1) is 9.42. The van der Waals surface area contributed by atoms with Gasteiger partial charge >= 0.3 is 0 Å². The molecule has 1 unspecified atom stereocenters. The fourth-order valence-electron chi connectivity index (χ4n) is 2.98. The first kappa shape index (κ1) is 15.0. The van der Waals surface area contributed by atoms with Crippen LogP contribution in [-0.4, -0.2) is 18.5 Å². The molecular formula is C17H26N2O. The Bertz CT molecular complexity index is 480. The second kappa shape index (κ2) is 5.96. The molecule has 1 amide bonds. The molecular weight excluding hydrogens is 248 g/mol. The van der Waals surface area contributed by atoms with Crippen LogP contribution in [0.3, 0.4) is 0 Å². The van der Waals surface area contributed by atoms with Gasteiger partial charge in [-0.2, -0.15) is 0 Å². The first-order valence-electron chi connectivity index (χ1n) is 7.55. The molecule has 1 aliphatic heterocycles. The van der Waals surface area contributed by atoms with Gasteiger partial charge in [0.05, 0.1) is 6.04 Å². The molecule has 110 valence electrons. The van der Waals surface area contributed by atoms with Crippen LogP contribution >= 0.6 is 0 Å². The summed E-state index contributed by atoms with van der Waals surface area (Å²) < 4.78 is 0. The van der Waals surface area contributed by atoms with Gasteiger partial charge in [-0.3, -0.25) is 4.79 Å². The third kappa shape index (κ3) is 3.21. The number of anilines is 1. The van der Waals surface area contributed by atoms with Crippen molar-refractivity contribution in [3.8, 4) is 0 Å². The molecule has 1 saturated heterocycles. The summed E-state index contributed by atoms with van der Waals surface area (Å²) in [5.74, 6) is 0.488. The number of rotatable bonds is 3. The Hall–Kier alpha value is -1.35. The number of para-hydroxylation sites is 1. The highest BCUT2D eigenvalue weighted by molar-refractivity contribution is 5.96. The van der Waals surface area contributed by atoms with Crippen LogP contribution in [0.15, 0.2) is 24.3 Å². The highest BCUT2D eigenvalue weighted by Gasteiger charge is 2.37. The largest absolute Gasteiger partial charge is 0.324 e. The maximum Gasteiger partial charge on any atom is 0.242 e. The van der Waals surface area contributed by atoms with Crippen LogP contribution in [0.2, 0.25) is 0 Å². The van der Waals surface area contributed by atoms with Crippen molar-refractivity contribution < 1.29 is 4.79 Å². The summed E-state index contributed by atoms with van der Waals surface area (Å²) in [5.41, 5.74) is 2.14. The topological polar surface area (TPSA) is 41.1 Å². The number of carbonyl (C=O) groups is 1. The molecule has 0 saturated carbocycles. The Morgan fingerprint density at radius 2 is 2.05 bits per heavy atom. The molecule has 0 aliphatic carbocycles. The summed E-state index contributed by atoms with van der Waals surface area (Å²) in [6, 6.07) is 7.95. The first-order valence-corrected chi connectivity index (χ1v) is 7.55. The summed E-state index contributed by atoms with van der Waals surface area (Å²) in [6.45, 7) is 9.55. The van der Waals surface area contributed by atoms with Crippen LogP contribution < -0.4 is 10.6 Å². The van der Waals surface area contributed by atoms with Crippen molar-refractivity contribution in [2.45, 2.75) is 52.5 Å². The Morgan fingerprint density at radius 3 is 2.70 bits per heavy atom. The summed E-state index contributed by atoms with van der Waals surface area (Å²) in [6.07, 6.45) is 2.23. The van der Waals surface area contributed by atoms with Gasteiger partial charge in [0.25, 0.3) is 0 Å². The predicted octanol–water partition coefficient (Wildman–Crippen LogP) is 3.53. The standard InChI is InChI=1S/C17H26N2O/c1-12(2)13-8-5-6-9-14(13)19-16(20)15-17(3,4)10-7-11-18-15/h5-6,8-9,12,15,18H,7,10-11H2,1-4H3,(H,19,20). The van der Waals surface area contributed by atoms with Crippen molar-refractivity contribution in [1.82, 2.24) is 5.32 Å². The lowest BCUT2D eigenvalue weighted by atomic mass is 9.77. The molecule has 1 aliphatic rings. The van der Waals surface area contributed by atoms with Crippen LogP contribution in [-0.2, 0) is 4.79 Å². The van der Waals surface area contributed by atoms with Crippen molar-refractivity contribution >= 4 is 11.6 Å². The van der Waals surface area contributed by atoms with E-state index in [0.29, 0.717) is 5.92 Å². The molecule has 2 rings (SSSR count). The Labute approximate surface area is 122 Å². The van der Waals surface area contributed by atoms with E-state index in [4.69, 9.17) is 0 Å². The molecule has 0 spiro atoms. The molecule has 20 heavy (non-hydrogen) atoms. The van der Waals surface area contributed by atoms with Gasteiger partial charge in [-0.1, -0.05) is 45.9 Å². The van der Waals surface area contributed by atoms with E-state index in [0.717, 1.165) is 25.1 Å². The second-order valence-corrected chi connectivity index (χ2v) is 6.71. The maximum atomic E-state index is 12.6.